The van der Waals surface area contributed by atoms with Crippen LogP contribution >= 0.6 is 11.3 Å². The summed E-state index contributed by atoms with van der Waals surface area (Å²) in [6.07, 6.45) is 3.45. The molecule has 7 N–H and O–H groups in total. The number of guanidine groups is 1. The number of nitrogens with one attached hydrogen (secondary N) is 2. The highest BCUT2D eigenvalue weighted by Crippen LogP contribution is 2.18. The molecule has 0 aliphatic carbocycles. The highest BCUT2D eigenvalue weighted by molar-refractivity contribution is 7.89. The van der Waals surface area contributed by atoms with Gasteiger partial charge in [0, 0.05) is 11.4 Å². The smallest absolute Gasteiger partial charge is 0.323 e. The summed E-state index contributed by atoms with van der Waals surface area (Å²) in [5, 5.41) is 11.8. The molecule has 30 heavy (non-hydrogen) atoms. The second-order valence-corrected chi connectivity index (χ2v) is 8.73. The molecule has 1 amide bonds. The predicted molar refractivity (Wildman–Crippen MR) is 115 cm³/mol. The zero-order valence-corrected chi connectivity index (χ0v) is 17.3. The number of nitrogens with zero attached hydrogens (tertiary/aromatic N) is 1. The average Bonchev–Trinajstić information content (AvgIpc) is 3.17. The van der Waals surface area contributed by atoms with E-state index in [0.717, 1.165) is 4.88 Å². The van der Waals surface area contributed by atoms with Crippen molar-refractivity contribution in [3.8, 4) is 0 Å². The molecule has 0 aliphatic rings. The van der Waals surface area contributed by atoms with E-state index >= 15 is 0 Å². The highest BCUT2D eigenvalue weighted by atomic mass is 32.2. The van der Waals surface area contributed by atoms with Crippen LogP contribution < -0.4 is 21.5 Å². The lowest BCUT2D eigenvalue weighted by Crippen LogP contribution is -2.48. The van der Waals surface area contributed by atoms with E-state index in [-0.39, 0.29) is 10.9 Å². The number of nitrogens with two attached hydrogens (primary N) is 2. The fraction of sp³-hybridized carbons (Fsp3) is 0.167. The molecular formula is C18H21N5O5S2. The fourth-order valence-corrected chi connectivity index (χ4v) is 4.27. The summed E-state index contributed by atoms with van der Waals surface area (Å²) in [6.45, 7) is -0.128. The molecule has 1 atom stereocenters. The van der Waals surface area contributed by atoms with Crippen molar-refractivity contribution in [3.63, 3.8) is 0 Å². The van der Waals surface area contributed by atoms with Gasteiger partial charge in [-0.2, -0.15) is 4.72 Å². The van der Waals surface area contributed by atoms with Crippen molar-refractivity contribution >= 4 is 45.3 Å². The van der Waals surface area contributed by atoms with Gasteiger partial charge in [0.25, 0.3) is 5.91 Å². The minimum atomic E-state index is -4.05. The summed E-state index contributed by atoms with van der Waals surface area (Å²) in [7, 11) is -4.05. The maximum Gasteiger partial charge on any atom is 0.323 e. The maximum atomic E-state index is 12.3. The van der Waals surface area contributed by atoms with Crippen LogP contribution in [0.1, 0.15) is 14.5 Å². The van der Waals surface area contributed by atoms with Crippen LogP contribution in [0.3, 0.4) is 0 Å². The molecule has 0 saturated heterocycles. The summed E-state index contributed by atoms with van der Waals surface area (Å²) in [5.41, 5.74) is 10.4. The Morgan fingerprint density at radius 2 is 1.87 bits per heavy atom. The first-order valence-corrected chi connectivity index (χ1v) is 10.9. The second kappa shape index (κ2) is 10.5. The SMILES string of the molecule is NC(N)=NCC=Cc1ccc(C(=O)NC[C@H](NS(=O)(=O)c2ccccc2)C(=O)O)s1. The Labute approximate surface area is 177 Å². The zero-order chi connectivity index (χ0) is 22.1. The van der Waals surface area contributed by atoms with Gasteiger partial charge in [0.2, 0.25) is 10.0 Å². The topological polar surface area (TPSA) is 177 Å². The van der Waals surface area contributed by atoms with Gasteiger partial charge >= 0.3 is 5.97 Å². The second-order valence-electron chi connectivity index (χ2n) is 5.91. The number of carboxylic acid groups (broad SMARTS) is 1. The number of aliphatic imine (C=N–C) groups is 1. The van der Waals surface area contributed by atoms with E-state index in [4.69, 9.17) is 11.5 Å². The summed E-state index contributed by atoms with van der Waals surface area (Å²) in [6, 6.07) is 9.11. The first kappa shape index (κ1) is 23.1. The van der Waals surface area contributed by atoms with Crippen LogP contribution in [0.25, 0.3) is 6.08 Å². The van der Waals surface area contributed by atoms with Gasteiger partial charge in [-0.1, -0.05) is 24.3 Å². The first-order chi connectivity index (χ1) is 14.2. The molecule has 0 fully saturated rings. The predicted octanol–water partition coefficient (Wildman–Crippen LogP) is 0.196. The maximum absolute atomic E-state index is 12.3. The lowest BCUT2D eigenvalue weighted by atomic mass is 10.3. The van der Waals surface area contributed by atoms with Gasteiger partial charge < -0.3 is 21.9 Å². The first-order valence-electron chi connectivity index (χ1n) is 8.59. The van der Waals surface area contributed by atoms with E-state index in [2.05, 4.69) is 15.0 Å². The number of hydrogen-bond donors (Lipinski definition) is 5. The van der Waals surface area contributed by atoms with Gasteiger partial charge in [0.05, 0.1) is 16.3 Å². The summed E-state index contributed by atoms with van der Waals surface area (Å²) in [4.78, 5) is 28.6. The molecular weight excluding hydrogens is 430 g/mol. The van der Waals surface area contributed by atoms with Gasteiger partial charge in [-0.3, -0.25) is 9.59 Å². The van der Waals surface area contributed by atoms with E-state index in [1.54, 1.807) is 30.4 Å². The number of benzene rings is 1. The molecule has 10 nitrogen and oxygen atoms in total. The lowest BCUT2D eigenvalue weighted by Gasteiger charge is -2.15. The van der Waals surface area contributed by atoms with E-state index in [0.29, 0.717) is 11.4 Å². The number of carboxylic acids is 1. The van der Waals surface area contributed by atoms with Crippen molar-refractivity contribution in [3.05, 3.63) is 58.3 Å². The van der Waals surface area contributed by atoms with E-state index < -0.39 is 34.5 Å². The molecule has 0 radical (unpaired) electrons. The molecule has 2 aromatic rings. The number of sulfonamides is 1. The third kappa shape index (κ3) is 6.99. The quantitative estimate of drug-likeness (QED) is 0.253. The highest BCUT2D eigenvalue weighted by Gasteiger charge is 2.26. The molecule has 0 spiro atoms. The molecule has 1 aromatic heterocycles. The molecule has 1 aromatic carbocycles. The van der Waals surface area contributed by atoms with Gasteiger partial charge in [-0.05, 0) is 30.3 Å². The average molecular weight is 452 g/mol. The van der Waals surface area contributed by atoms with Gasteiger partial charge in [-0.15, -0.1) is 11.3 Å². The van der Waals surface area contributed by atoms with Gasteiger partial charge in [-0.25, -0.2) is 13.4 Å². The molecule has 12 heteroatoms. The Hall–Kier alpha value is -3.22. The number of carbonyl (C=O) groups excluding carboxylic acids is 1. The van der Waals surface area contributed by atoms with Gasteiger partial charge in [0.15, 0.2) is 5.96 Å². The van der Waals surface area contributed by atoms with Crippen LogP contribution in [0, 0.1) is 0 Å². The van der Waals surface area contributed by atoms with Crippen LogP contribution in [-0.4, -0.2) is 50.5 Å². The number of amides is 1. The van der Waals surface area contributed by atoms with Crippen LogP contribution in [0.4, 0.5) is 0 Å². The summed E-state index contributed by atoms with van der Waals surface area (Å²) >= 11 is 1.17. The number of thiophene rings is 1. The van der Waals surface area contributed by atoms with E-state index in [1.165, 1.54) is 35.6 Å². The van der Waals surface area contributed by atoms with Crippen LogP contribution in [0.5, 0.6) is 0 Å². The molecule has 0 unspecified atom stereocenters. The minimum absolute atomic E-state index is 0.0261. The third-order valence-electron chi connectivity index (χ3n) is 3.63. The zero-order valence-electron chi connectivity index (χ0n) is 15.7. The molecule has 1 heterocycles. The Bertz CT molecular complexity index is 1040. The molecule has 0 bridgehead atoms. The van der Waals surface area contributed by atoms with Crippen molar-refractivity contribution in [2.75, 3.05) is 13.1 Å². The molecule has 0 saturated carbocycles. The Morgan fingerprint density at radius 1 is 1.17 bits per heavy atom. The van der Waals surface area contributed by atoms with E-state index in [9.17, 15) is 23.1 Å². The normalized spacial score (nSPS) is 12.4. The number of hydrogen-bond acceptors (Lipinski definition) is 6. The minimum Gasteiger partial charge on any atom is -0.480 e. The molecule has 160 valence electrons. The van der Waals surface area contributed by atoms with Crippen LogP contribution in [0.2, 0.25) is 0 Å². The Balaban J connectivity index is 1.97. The largest absolute Gasteiger partial charge is 0.480 e. The lowest BCUT2D eigenvalue weighted by molar-refractivity contribution is -0.138. The fourth-order valence-electron chi connectivity index (χ4n) is 2.21. The van der Waals surface area contributed by atoms with Crippen LogP contribution in [-0.2, 0) is 14.8 Å². The molecule has 2 rings (SSSR count). The number of rotatable bonds is 10. The van der Waals surface area contributed by atoms with Crippen molar-refractivity contribution in [1.82, 2.24) is 10.0 Å². The monoisotopic (exact) mass is 451 g/mol. The third-order valence-corrected chi connectivity index (χ3v) is 6.16. The van der Waals surface area contributed by atoms with Crippen molar-refractivity contribution < 1.29 is 23.1 Å². The van der Waals surface area contributed by atoms with Crippen molar-refractivity contribution in [1.29, 1.82) is 0 Å². The van der Waals surface area contributed by atoms with Crippen LogP contribution in [0.15, 0.2) is 58.4 Å². The summed E-state index contributed by atoms with van der Waals surface area (Å²) in [5.74, 6) is -1.96. The van der Waals surface area contributed by atoms with Crippen molar-refractivity contribution in [2.45, 2.75) is 10.9 Å². The number of aliphatic carboxylic acids is 1. The van der Waals surface area contributed by atoms with Gasteiger partial charge in [0.1, 0.15) is 6.04 Å². The van der Waals surface area contributed by atoms with E-state index in [1.807, 2.05) is 0 Å². The molecule has 0 aliphatic heterocycles. The standard InChI is InChI=1S/C18H21N5O5S2/c19-18(20)21-10-4-5-12-8-9-15(29-12)16(24)22-11-14(17(25)26)23-30(27,28)13-6-2-1-3-7-13/h1-9,14,23H,10-11H2,(H,22,24)(H,25,26)(H4,19,20,21)/t14-/m0/s1. The Morgan fingerprint density at radius 3 is 2.50 bits per heavy atom. The number of carbonyl (C=O) groups is 2. The van der Waals surface area contributed by atoms with Crippen molar-refractivity contribution in [2.24, 2.45) is 16.5 Å². The Kier molecular flexibility index (Phi) is 8.09. The summed E-state index contributed by atoms with van der Waals surface area (Å²) < 4.78 is 26.7.